The predicted octanol–water partition coefficient (Wildman–Crippen LogP) is 17.8. The summed E-state index contributed by atoms with van der Waals surface area (Å²) in [5.74, 6) is 0.672. The molecule has 10 aromatic rings. The number of para-hydroxylation sites is 6. The Morgan fingerprint density at radius 3 is 0.889 bits per heavy atom. The second kappa shape index (κ2) is 16.3. The molecule has 0 fully saturated rings. The van der Waals surface area contributed by atoms with E-state index in [0.717, 1.165) is 79.3 Å². The van der Waals surface area contributed by atoms with Gasteiger partial charge < -0.3 is 14.7 Å². The zero-order valence-electron chi connectivity index (χ0n) is 41.6. The van der Waals surface area contributed by atoms with Crippen LogP contribution in [0.5, 0.6) is 0 Å². The summed E-state index contributed by atoms with van der Waals surface area (Å²) in [4.78, 5) is 18.5. The monoisotopic (exact) mass is 929 g/mol. The van der Waals surface area contributed by atoms with Gasteiger partial charge in [0.05, 0.1) is 62.6 Å². The SMILES string of the molecule is CC1(C)c2ccccc2N(c2cc(-c3cc(-c4ccccc4)nc(-c4ccccc4)n3)cc(N3c4ccccc4C(C)(C)c4ccccc43)c2N2c3ccccc3C(C)(C)c3ccccc32)c2ccccc21. The molecule has 0 radical (unpaired) electrons. The Bertz CT molecular complexity index is 3420. The van der Waals surface area contributed by atoms with Crippen molar-refractivity contribution < 1.29 is 0 Å². The Labute approximate surface area is 423 Å². The average molecular weight is 930 g/mol. The molecule has 5 heteroatoms. The van der Waals surface area contributed by atoms with Crippen molar-refractivity contribution in [3.63, 3.8) is 0 Å². The summed E-state index contributed by atoms with van der Waals surface area (Å²) >= 11 is 0. The summed E-state index contributed by atoms with van der Waals surface area (Å²) in [6.07, 6.45) is 0. The van der Waals surface area contributed by atoms with Gasteiger partial charge in [-0.25, -0.2) is 9.97 Å². The number of fused-ring (bicyclic) bond motifs is 6. The van der Waals surface area contributed by atoms with Gasteiger partial charge in [0.2, 0.25) is 0 Å². The Kier molecular flexibility index (Phi) is 9.82. The largest absolute Gasteiger partial charge is 0.308 e. The third-order valence-corrected chi connectivity index (χ3v) is 15.8. The van der Waals surface area contributed by atoms with Crippen molar-refractivity contribution in [2.24, 2.45) is 0 Å². The van der Waals surface area contributed by atoms with E-state index in [9.17, 15) is 0 Å². The summed E-state index contributed by atoms with van der Waals surface area (Å²) in [6.45, 7) is 14.2. The maximum absolute atomic E-state index is 5.57. The van der Waals surface area contributed by atoms with Gasteiger partial charge in [-0.1, -0.05) is 211 Å². The third-order valence-electron chi connectivity index (χ3n) is 15.8. The molecule has 0 saturated heterocycles. The smallest absolute Gasteiger partial charge is 0.160 e. The highest BCUT2D eigenvalue weighted by atomic mass is 15.3. The van der Waals surface area contributed by atoms with Gasteiger partial charge >= 0.3 is 0 Å². The van der Waals surface area contributed by atoms with Gasteiger partial charge in [-0.2, -0.15) is 0 Å². The molecule has 0 aliphatic carbocycles. The standard InChI is InChI=1S/C67H55N5/c1-65(2)47-29-13-19-35-55(47)70(56-36-20-14-30-48(56)65)61-41-46(54-43-53(44-25-9-7-10-26-44)68-64(69-54)45-27-11-8-12-28-45)42-62(71-57-37-21-15-31-49(57)66(3,4)50-32-16-22-38-58(50)71)63(61)72-59-39-23-17-33-51(59)67(5,6)52-34-18-24-40-60(52)72/h7-43H,1-6H3. The maximum Gasteiger partial charge on any atom is 0.160 e. The number of rotatable bonds is 6. The highest BCUT2D eigenvalue weighted by molar-refractivity contribution is 6.06. The van der Waals surface area contributed by atoms with E-state index in [1.807, 2.05) is 6.07 Å². The second-order valence-corrected chi connectivity index (χ2v) is 21.0. The predicted molar refractivity (Wildman–Crippen MR) is 299 cm³/mol. The number of benzene rings is 9. The first-order valence-corrected chi connectivity index (χ1v) is 25.2. The molecule has 72 heavy (non-hydrogen) atoms. The van der Waals surface area contributed by atoms with Crippen LogP contribution in [0, 0.1) is 0 Å². The summed E-state index contributed by atoms with van der Waals surface area (Å²) in [5.41, 5.74) is 21.4. The fourth-order valence-corrected chi connectivity index (χ4v) is 12.2. The number of anilines is 9. The molecule has 1 aromatic heterocycles. The van der Waals surface area contributed by atoms with E-state index in [1.165, 1.54) is 33.4 Å². The van der Waals surface area contributed by atoms with E-state index >= 15 is 0 Å². The Balaban J connectivity index is 1.23. The van der Waals surface area contributed by atoms with Crippen molar-refractivity contribution in [2.45, 2.75) is 57.8 Å². The van der Waals surface area contributed by atoms with Crippen LogP contribution in [0.25, 0.3) is 33.9 Å². The molecule has 0 spiro atoms. The lowest BCUT2D eigenvalue weighted by molar-refractivity contribution is 0.629. The molecular weight excluding hydrogens is 875 g/mol. The van der Waals surface area contributed by atoms with Gasteiger partial charge in [-0.05, 0) is 88.0 Å². The Hall–Kier alpha value is -8.54. The molecule has 0 atom stereocenters. The van der Waals surface area contributed by atoms with Crippen LogP contribution in [-0.2, 0) is 16.2 Å². The highest BCUT2D eigenvalue weighted by Gasteiger charge is 2.44. The summed E-state index contributed by atoms with van der Waals surface area (Å²) < 4.78 is 0. The second-order valence-electron chi connectivity index (χ2n) is 21.0. The lowest BCUT2D eigenvalue weighted by Gasteiger charge is -2.48. The van der Waals surface area contributed by atoms with Crippen LogP contribution in [0.3, 0.4) is 0 Å². The molecule has 0 amide bonds. The van der Waals surface area contributed by atoms with E-state index < -0.39 is 0 Å². The van der Waals surface area contributed by atoms with Gasteiger partial charge in [0.15, 0.2) is 5.82 Å². The Morgan fingerprint density at radius 1 is 0.264 bits per heavy atom. The first kappa shape index (κ1) is 43.5. The molecule has 3 aliphatic heterocycles. The molecule has 4 heterocycles. The zero-order chi connectivity index (χ0) is 48.9. The van der Waals surface area contributed by atoms with Crippen LogP contribution >= 0.6 is 0 Å². The third kappa shape index (κ3) is 6.53. The topological polar surface area (TPSA) is 35.5 Å². The lowest BCUT2D eigenvalue weighted by Crippen LogP contribution is -2.35. The van der Waals surface area contributed by atoms with E-state index in [4.69, 9.17) is 9.97 Å². The van der Waals surface area contributed by atoms with Gasteiger partial charge in [0.1, 0.15) is 0 Å². The van der Waals surface area contributed by atoms with Crippen molar-refractivity contribution in [2.75, 3.05) is 14.7 Å². The van der Waals surface area contributed by atoms with Crippen molar-refractivity contribution in [1.82, 2.24) is 9.97 Å². The molecule has 0 N–H and O–H groups in total. The molecule has 0 unspecified atom stereocenters. The fraction of sp³-hybridized carbons (Fsp3) is 0.134. The first-order chi connectivity index (χ1) is 35.0. The van der Waals surface area contributed by atoms with Crippen LogP contribution < -0.4 is 14.7 Å². The van der Waals surface area contributed by atoms with Gasteiger partial charge in [0, 0.05) is 32.9 Å². The van der Waals surface area contributed by atoms with Crippen molar-refractivity contribution in [3.8, 4) is 33.9 Å². The van der Waals surface area contributed by atoms with Gasteiger partial charge in [0.25, 0.3) is 0 Å². The van der Waals surface area contributed by atoms with Crippen LogP contribution in [0.2, 0.25) is 0 Å². The van der Waals surface area contributed by atoms with Gasteiger partial charge in [-0.3, -0.25) is 0 Å². The molecule has 5 nitrogen and oxygen atoms in total. The molecule has 9 aromatic carbocycles. The van der Waals surface area contributed by atoms with E-state index in [1.54, 1.807) is 0 Å². The van der Waals surface area contributed by atoms with Crippen molar-refractivity contribution >= 4 is 51.2 Å². The minimum Gasteiger partial charge on any atom is -0.308 e. The molecular formula is C67H55N5. The first-order valence-electron chi connectivity index (χ1n) is 25.2. The number of nitrogens with zero attached hydrogens (tertiary/aromatic N) is 5. The summed E-state index contributed by atoms with van der Waals surface area (Å²) in [7, 11) is 0. The number of hydrogen-bond donors (Lipinski definition) is 0. The molecule has 0 saturated carbocycles. The normalized spacial score (nSPS) is 15.3. The summed E-state index contributed by atoms with van der Waals surface area (Å²) in [5, 5.41) is 0. The molecule has 348 valence electrons. The quantitative estimate of drug-likeness (QED) is 0.166. The lowest BCUT2D eigenvalue weighted by atomic mass is 9.72. The van der Waals surface area contributed by atoms with Crippen LogP contribution in [0.1, 0.15) is 74.9 Å². The number of hydrogen-bond acceptors (Lipinski definition) is 5. The van der Waals surface area contributed by atoms with E-state index in [0.29, 0.717) is 5.82 Å². The Morgan fingerprint density at radius 2 is 0.542 bits per heavy atom. The van der Waals surface area contributed by atoms with Crippen LogP contribution in [0.15, 0.2) is 224 Å². The van der Waals surface area contributed by atoms with E-state index in [2.05, 4.69) is 275 Å². The zero-order valence-corrected chi connectivity index (χ0v) is 41.6. The van der Waals surface area contributed by atoms with Crippen molar-refractivity contribution in [3.05, 3.63) is 258 Å². The molecule has 3 aliphatic rings. The van der Waals surface area contributed by atoms with Crippen LogP contribution in [-0.4, -0.2) is 9.97 Å². The number of aromatic nitrogens is 2. The summed E-state index contributed by atoms with van der Waals surface area (Å²) in [6, 6.07) is 82.0. The molecule has 0 bridgehead atoms. The minimum absolute atomic E-state index is 0.281. The van der Waals surface area contributed by atoms with Gasteiger partial charge in [-0.15, -0.1) is 0 Å². The van der Waals surface area contributed by atoms with Crippen molar-refractivity contribution in [1.29, 1.82) is 0 Å². The maximum atomic E-state index is 5.57. The average Bonchev–Trinajstić information content (AvgIpc) is 3.42. The minimum atomic E-state index is -0.282. The van der Waals surface area contributed by atoms with Crippen LogP contribution in [0.4, 0.5) is 51.2 Å². The van der Waals surface area contributed by atoms with E-state index in [-0.39, 0.29) is 16.2 Å². The highest BCUT2D eigenvalue weighted by Crippen LogP contribution is 2.63. The fourth-order valence-electron chi connectivity index (χ4n) is 12.2. The molecule has 13 rings (SSSR count).